The molecule has 1 fully saturated rings. The predicted molar refractivity (Wildman–Crippen MR) is 82.2 cm³/mol. The number of rotatable bonds is 1. The summed E-state index contributed by atoms with van der Waals surface area (Å²) in [6.45, 7) is 7.59. The van der Waals surface area contributed by atoms with Crippen molar-refractivity contribution in [3.8, 4) is 0 Å². The molecule has 1 aliphatic rings. The van der Waals surface area contributed by atoms with Gasteiger partial charge in [0, 0.05) is 18.3 Å². The second kappa shape index (κ2) is 5.70. The minimum absolute atomic E-state index is 0.558. The van der Waals surface area contributed by atoms with Crippen molar-refractivity contribution < 1.29 is 0 Å². The number of nitrogens with zero attached hydrogens (tertiary/aromatic N) is 1. The summed E-state index contributed by atoms with van der Waals surface area (Å²) in [5, 5.41) is 4.31. The van der Waals surface area contributed by atoms with Gasteiger partial charge in [-0.05, 0) is 63.4 Å². The van der Waals surface area contributed by atoms with E-state index in [2.05, 4.69) is 49.2 Å². The molecule has 1 atom stereocenters. The first-order chi connectivity index (χ1) is 8.59. The lowest BCUT2D eigenvalue weighted by atomic mass is 10.0. The van der Waals surface area contributed by atoms with Crippen LogP contribution in [0.4, 0.5) is 5.69 Å². The fraction of sp³-hybridized carbons (Fsp3) is 0.533. The van der Waals surface area contributed by atoms with E-state index >= 15 is 0 Å². The van der Waals surface area contributed by atoms with E-state index in [0.29, 0.717) is 6.04 Å². The Bertz CT molecular complexity index is 422. The van der Waals surface area contributed by atoms with Crippen LogP contribution < -0.4 is 5.32 Å². The number of hydrogen-bond acceptors (Lipinski definition) is 1. The van der Waals surface area contributed by atoms with Gasteiger partial charge in [-0.2, -0.15) is 0 Å². The Morgan fingerprint density at radius 1 is 1.28 bits per heavy atom. The molecule has 0 aromatic heterocycles. The maximum Gasteiger partial charge on any atom is 0.173 e. The van der Waals surface area contributed by atoms with E-state index in [4.69, 9.17) is 12.2 Å². The molecule has 18 heavy (non-hydrogen) atoms. The van der Waals surface area contributed by atoms with E-state index in [9.17, 15) is 0 Å². The number of likely N-dealkylation sites (tertiary alicyclic amines) is 1. The largest absolute Gasteiger partial charge is 0.346 e. The second-order valence-electron chi connectivity index (χ2n) is 5.24. The highest BCUT2D eigenvalue weighted by molar-refractivity contribution is 7.80. The van der Waals surface area contributed by atoms with Crippen LogP contribution in [0.15, 0.2) is 18.2 Å². The Balaban J connectivity index is 2.11. The van der Waals surface area contributed by atoms with Gasteiger partial charge in [0.15, 0.2) is 5.11 Å². The average Bonchev–Trinajstić information content (AvgIpc) is 2.34. The van der Waals surface area contributed by atoms with Gasteiger partial charge in [0.1, 0.15) is 0 Å². The van der Waals surface area contributed by atoms with Crippen molar-refractivity contribution in [2.75, 3.05) is 11.9 Å². The lowest BCUT2D eigenvalue weighted by Gasteiger charge is -2.36. The van der Waals surface area contributed by atoms with Crippen LogP contribution in [-0.2, 0) is 0 Å². The summed E-state index contributed by atoms with van der Waals surface area (Å²) in [6.07, 6.45) is 3.82. The predicted octanol–water partition coefficient (Wildman–Crippen LogP) is 3.87. The lowest BCUT2D eigenvalue weighted by molar-refractivity contribution is 0.262. The second-order valence-corrected chi connectivity index (χ2v) is 5.62. The first-order valence-corrected chi connectivity index (χ1v) is 7.14. The van der Waals surface area contributed by atoms with Gasteiger partial charge in [0.05, 0.1) is 0 Å². The van der Waals surface area contributed by atoms with Crippen molar-refractivity contribution >= 4 is 23.0 Å². The van der Waals surface area contributed by atoms with Gasteiger partial charge in [-0.25, -0.2) is 0 Å². The molecule has 0 aliphatic carbocycles. The van der Waals surface area contributed by atoms with Crippen LogP contribution in [0, 0.1) is 13.8 Å². The zero-order valence-electron chi connectivity index (χ0n) is 11.5. The van der Waals surface area contributed by atoms with Gasteiger partial charge in [-0.15, -0.1) is 0 Å². The first kappa shape index (κ1) is 13.3. The maximum absolute atomic E-state index is 5.57. The Labute approximate surface area is 115 Å². The van der Waals surface area contributed by atoms with Crippen molar-refractivity contribution in [1.82, 2.24) is 4.90 Å². The molecule has 1 aromatic rings. The van der Waals surface area contributed by atoms with E-state index < -0.39 is 0 Å². The third-order valence-corrected chi connectivity index (χ3v) is 4.11. The summed E-state index contributed by atoms with van der Waals surface area (Å²) in [4.78, 5) is 2.32. The van der Waals surface area contributed by atoms with Gasteiger partial charge in [-0.1, -0.05) is 18.2 Å². The van der Waals surface area contributed by atoms with Crippen molar-refractivity contribution in [1.29, 1.82) is 0 Å². The number of piperidine rings is 1. The van der Waals surface area contributed by atoms with Gasteiger partial charge in [0.2, 0.25) is 0 Å². The summed E-state index contributed by atoms with van der Waals surface area (Å²) in [6, 6.07) is 6.89. The third-order valence-electron chi connectivity index (χ3n) is 3.78. The lowest BCUT2D eigenvalue weighted by Crippen LogP contribution is -2.44. The molecule has 98 valence electrons. The van der Waals surface area contributed by atoms with Crippen molar-refractivity contribution in [3.63, 3.8) is 0 Å². The molecule has 1 N–H and O–H groups in total. The Kier molecular flexibility index (Phi) is 4.23. The first-order valence-electron chi connectivity index (χ1n) is 6.73. The monoisotopic (exact) mass is 262 g/mol. The van der Waals surface area contributed by atoms with Gasteiger partial charge in [-0.3, -0.25) is 0 Å². The number of hydrogen-bond donors (Lipinski definition) is 1. The number of aryl methyl sites for hydroxylation is 2. The highest BCUT2D eigenvalue weighted by atomic mass is 32.1. The van der Waals surface area contributed by atoms with E-state index in [-0.39, 0.29) is 0 Å². The summed E-state index contributed by atoms with van der Waals surface area (Å²) in [5.41, 5.74) is 3.67. The molecule has 0 radical (unpaired) electrons. The van der Waals surface area contributed by atoms with E-state index in [0.717, 1.165) is 11.7 Å². The molecule has 2 rings (SSSR count). The van der Waals surface area contributed by atoms with Gasteiger partial charge >= 0.3 is 0 Å². The van der Waals surface area contributed by atoms with Crippen LogP contribution in [0.1, 0.15) is 37.3 Å². The van der Waals surface area contributed by atoms with Gasteiger partial charge < -0.3 is 10.2 Å². The Morgan fingerprint density at radius 3 is 2.56 bits per heavy atom. The van der Waals surface area contributed by atoms with E-state index in [1.54, 1.807) is 0 Å². The SMILES string of the molecule is Cc1cccc(C)c1NC(=S)N1CCCC[C@H]1C. The summed E-state index contributed by atoms with van der Waals surface area (Å²) in [5.74, 6) is 0. The smallest absolute Gasteiger partial charge is 0.173 e. The molecular weight excluding hydrogens is 240 g/mol. The minimum atomic E-state index is 0.558. The quantitative estimate of drug-likeness (QED) is 0.773. The van der Waals surface area contributed by atoms with Crippen LogP contribution in [-0.4, -0.2) is 22.6 Å². The number of thiocarbonyl (C=S) groups is 1. The van der Waals surface area contributed by atoms with Crippen molar-refractivity contribution in [3.05, 3.63) is 29.3 Å². The molecule has 2 nitrogen and oxygen atoms in total. The zero-order chi connectivity index (χ0) is 13.1. The van der Waals surface area contributed by atoms with Crippen LogP contribution >= 0.6 is 12.2 Å². The Hall–Kier alpha value is -1.09. The number of anilines is 1. The molecule has 0 spiro atoms. The molecule has 0 bridgehead atoms. The van der Waals surface area contributed by atoms with Crippen LogP contribution in [0.2, 0.25) is 0 Å². The molecule has 0 unspecified atom stereocenters. The topological polar surface area (TPSA) is 15.3 Å². The molecule has 1 aromatic carbocycles. The summed E-state index contributed by atoms with van der Waals surface area (Å²) >= 11 is 5.57. The number of nitrogens with one attached hydrogen (secondary N) is 1. The summed E-state index contributed by atoms with van der Waals surface area (Å²) in [7, 11) is 0. The molecular formula is C15H22N2S. The third kappa shape index (κ3) is 2.83. The van der Waals surface area contributed by atoms with E-state index in [1.807, 2.05) is 0 Å². The maximum atomic E-state index is 5.57. The molecule has 0 saturated carbocycles. The minimum Gasteiger partial charge on any atom is -0.346 e. The highest BCUT2D eigenvalue weighted by Crippen LogP contribution is 2.22. The van der Waals surface area contributed by atoms with Crippen LogP contribution in [0.5, 0.6) is 0 Å². The molecule has 3 heteroatoms. The standard InChI is InChI=1S/C15H22N2S/c1-11-7-6-8-12(2)14(11)16-15(18)17-10-5-4-9-13(17)3/h6-8,13H,4-5,9-10H2,1-3H3,(H,16,18)/t13-/m1/s1. The molecule has 0 amide bonds. The molecule has 1 saturated heterocycles. The van der Waals surface area contributed by atoms with Crippen LogP contribution in [0.25, 0.3) is 0 Å². The normalized spacial score (nSPS) is 19.7. The van der Waals surface area contributed by atoms with E-state index in [1.165, 1.54) is 36.1 Å². The summed E-state index contributed by atoms with van der Waals surface area (Å²) < 4.78 is 0. The van der Waals surface area contributed by atoms with Crippen molar-refractivity contribution in [2.45, 2.75) is 46.1 Å². The number of benzene rings is 1. The van der Waals surface area contributed by atoms with Crippen molar-refractivity contribution in [2.24, 2.45) is 0 Å². The molecule has 1 aliphatic heterocycles. The average molecular weight is 262 g/mol. The zero-order valence-corrected chi connectivity index (χ0v) is 12.3. The fourth-order valence-corrected chi connectivity index (χ4v) is 2.96. The fourth-order valence-electron chi connectivity index (χ4n) is 2.59. The number of para-hydroxylation sites is 1. The molecule has 1 heterocycles. The van der Waals surface area contributed by atoms with Crippen LogP contribution in [0.3, 0.4) is 0 Å². The Morgan fingerprint density at radius 2 is 1.94 bits per heavy atom. The highest BCUT2D eigenvalue weighted by Gasteiger charge is 2.21. The van der Waals surface area contributed by atoms with Gasteiger partial charge in [0.25, 0.3) is 0 Å².